The highest BCUT2D eigenvalue weighted by molar-refractivity contribution is 5.80. The number of hydrogen-bond donors (Lipinski definition) is 1. The van der Waals surface area contributed by atoms with Gasteiger partial charge in [0.2, 0.25) is 11.9 Å². The minimum Gasteiger partial charge on any atom is -0.356 e. The smallest absolute Gasteiger partial charge is 0.223 e. The molecule has 1 N–H and O–H groups in total. The molecule has 0 radical (unpaired) electrons. The Morgan fingerprint density at radius 2 is 1.79 bits per heavy atom. The summed E-state index contributed by atoms with van der Waals surface area (Å²) in [6.07, 6.45) is 3.99. The maximum Gasteiger partial charge on any atom is 0.223 e. The first-order valence-electron chi connectivity index (χ1n) is 10.9. The lowest BCUT2D eigenvalue weighted by Gasteiger charge is -2.32. The third kappa shape index (κ3) is 5.06. The fourth-order valence-corrected chi connectivity index (χ4v) is 3.88. The fraction of sp³-hybridized carbons (Fsp3) is 0.652. The third-order valence-corrected chi connectivity index (χ3v) is 5.73. The van der Waals surface area contributed by atoms with Crippen LogP contribution in [0.4, 0.5) is 5.95 Å². The number of piperidine rings is 1. The minimum absolute atomic E-state index is 0.136. The van der Waals surface area contributed by atoms with Crippen LogP contribution in [0.3, 0.4) is 0 Å². The van der Waals surface area contributed by atoms with Crippen LogP contribution in [-0.4, -0.2) is 35.1 Å². The molecular formula is C23H36N4O. The van der Waals surface area contributed by atoms with Crippen molar-refractivity contribution in [1.29, 1.82) is 0 Å². The number of imidazole rings is 1. The Morgan fingerprint density at radius 1 is 1.11 bits per heavy atom. The Morgan fingerprint density at radius 3 is 2.46 bits per heavy atom. The number of aromatic nitrogens is 2. The molecule has 3 rings (SSSR count). The summed E-state index contributed by atoms with van der Waals surface area (Å²) in [5.41, 5.74) is 2.28. The Kier molecular flexibility index (Phi) is 6.97. The van der Waals surface area contributed by atoms with Gasteiger partial charge < -0.3 is 14.8 Å². The van der Waals surface area contributed by atoms with Crippen molar-refractivity contribution in [3.05, 3.63) is 24.3 Å². The van der Waals surface area contributed by atoms with Crippen molar-refractivity contribution in [2.45, 2.75) is 59.9 Å². The van der Waals surface area contributed by atoms with Gasteiger partial charge in [-0.15, -0.1) is 0 Å². The van der Waals surface area contributed by atoms with Gasteiger partial charge in [-0.25, -0.2) is 4.98 Å². The van der Waals surface area contributed by atoms with Gasteiger partial charge in [-0.2, -0.15) is 0 Å². The summed E-state index contributed by atoms with van der Waals surface area (Å²) in [5.74, 6) is 2.72. The van der Waals surface area contributed by atoms with Gasteiger partial charge >= 0.3 is 0 Å². The number of rotatable bonds is 8. The third-order valence-electron chi connectivity index (χ3n) is 5.73. The molecule has 0 aliphatic carbocycles. The number of hydrogen-bond acceptors (Lipinski definition) is 3. The summed E-state index contributed by atoms with van der Waals surface area (Å²) < 4.78 is 2.37. The maximum atomic E-state index is 12.5. The van der Waals surface area contributed by atoms with Crippen LogP contribution >= 0.6 is 0 Å². The molecule has 154 valence electrons. The van der Waals surface area contributed by atoms with E-state index in [0.717, 1.165) is 63.3 Å². The Bertz CT molecular complexity index is 772. The van der Waals surface area contributed by atoms with Crippen molar-refractivity contribution < 1.29 is 4.79 Å². The number of benzene rings is 1. The molecule has 5 nitrogen and oxygen atoms in total. The van der Waals surface area contributed by atoms with Crippen molar-refractivity contribution in [3.63, 3.8) is 0 Å². The predicted octanol–water partition coefficient (Wildman–Crippen LogP) is 4.46. The molecule has 1 aliphatic heterocycles. The first kappa shape index (κ1) is 20.7. The number of aryl methyl sites for hydroxylation is 1. The van der Waals surface area contributed by atoms with Gasteiger partial charge in [0.25, 0.3) is 0 Å². The van der Waals surface area contributed by atoms with Gasteiger partial charge in [0.1, 0.15) is 0 Å². The van der Waals surface area contributed by atoms with E-state index in [9.17, 15) is 4.79 Å². The molecule has 5 heteroatoms. The molecule has 0 saturated carbocycles. The quantitative estimate of drug-likeness (QED) is 0.731. The van der Waals surface area contributed by atoms with Crippen molar-refractivity contribution in [2.24, 2.45) is 17.8 Å². The fourth-order valence-electron chi connectivity index (χ4n) is 3.88. The normalized spacial score (nSPS) is 15.7. The van der Waals surface area contributed by atoms with Crippen LogP contribution in [0.2, 0.25) is 0 Å². The van der Waals surface area contributed by atoms with Crippen LogP contribution in [-0.2, 0) is 11.3 Å². The van der Waals surface area contributed by atoms with E-state index in [-0.39, 0.29) is 11.8 Å². The molecule has 0 bridgehead atoms. The van der Waals surface area contributed by atoms with Gasteiger partial charge in [-0.3, -0.25) is 4.79 Å². The molecule has 28 heavy (non-hydrogen) atoms. The first-order chi connectivity index (χ1) is 13.5. The topological polar surface area (TPSA) is 50.2 Å². The average Bonchev–Trinajstić information content (AvgIpc) is 3.04. The van der Waals surface area contributed by atoms with Crippen LogP contribution in [0.25, 0.3) is 11.0 Å². The summed E-state index contributed by atoms with van der Waals surface area (Å²) >= 11 is 0. The molecule has 1 aliphatic rings. The molecule has 1 saturated heterocycles. The number of carbonyl (C=O) groups excluding carboxylic acids is 1. The molecule has 1 aromatic carbocycles. The SMILES string of the molecule is CC(C)CCNC(=O)C1CCN(c2nc3ccccc3n2CCC(C)C)CC1. The molecule has 1 fully saturated rings. The van der Waals surface area contributed by atoms with Gasteiger partial charge in [-0.05, 0) is 49.7 Å². The zero-order valence-electron chi connectivity index (χ0n) is 17.9. The number of fused-ring (bicyclic) bond motifs is 1. The van der Waals surface area contributed by atoms with E-state index >= 15 is 0 Å². The molecule has 2 heterocycles. The largest absolute Gasteiger partial charge is 0.356 e. The predicted molar refractivity (Wildman–Crippen MR) is 117 cm³/mol. The van der Waals surface area contributed by atoms with Crippen molar-refractivity contribution in [3.8, 4) is 0 Å². The summed E-state index contributed by atoms with van der Waals surface area (Å²) in [5, 5.41) is 3.13. The highest BCUT2D eigenvalue weighted by Crippen LogP contribution is 2.27. The first-order valence-corrected chi connectivity index (χ1v) is 10.9. The zero-order chi connectivity index (χ0) is 20.1. The van der Waals surface area contributed by atoms with Crippen LogP contribution in [0.1, 0.15) is 53.4 Å². The van der Waals surface area contributed by atoms with Crippen LogP contribution in [0.5, 0.6) is 0 Å². The lowest BCUT2D eigenvalue weighted by molar-refractivity contribution is -0.125. The van der Waals surface area contributed by atoms with E-state index in [2.05, 4.69) is 66.7 Å². The molecule has 0 spiro atoms. The van der Waals surface area contributed by atoms with Crippen molar-refractivity contribution >= 4 is 22.9 Å². The highest BCUT2D eigenvalue weighted by Gasteiger charge is 2.27. The molecule has 1 amide bonds. The van der Waals surface area contributed by atoms with Gasteiger partial charge in [0.05, 0.1) is 11.0 Å². The standard InChI is InChI=1S/C23H36N4O/c1-17(2)9-13-24-22(28)19-11-14-26(15-12-19)23-25-20-7-5-6-8-21(20)27(23)16-10-18(3)4/h5-8,17-19H,9-16H2,1-4H3,(H,24,28). The van der Waals surface area contributed by atoms with E-state index in [1.165, 1.54) is 5.52 Å². The number of nitrogens with zero attached hydrogens (tertiary/aromatic N) is 3. The highest BCUT2D eigenvalue weighted by atomic mass is 16.1. The lowest BCUT2D eigenvalue weighted by atomic mass is 9.96. The van der Waals surface area contributed by atoms with Crippen LogP contribution in [0.15, 0.2) is 24.3 Å². The second-order valence-electron chi connectivity index (χ2n) is 8.97. The van der Waals surface area contributed by atoms with Crippen molar-refractivity contribution in [2.75, 3.05) is 24.5 Å². The van der Waals surface area contributed by atoms with E-state index in [1.54, 1.807) is 0 Å². The Balaban J connectivity index is 1.66. The Labute approximate surface area is 169 Å². The Hall–Kier alpha value is -2.04. The number of anilines is 1. The van der Waals surface area contributed by atoms with E-state index in [0.29, 0.717) is 11.8 Å². The van der Waals surface area contributed by atoms with Crippen LogP contribution in [0, 0.1) is 17.8 Å². The van der Waals surface area contributed by atoms with E-state index in [4.69, 9.17) is 4.98 Å². The molecule has 0 atom stereocenters. The second-order valence-corrected chi connectivity index (χ2v) is 8.97. The van der Waals surface area contributed by atoms with Crippen molar-refractivity contribution in [1.82, 2.24) is 14.9 Å². The van der Waals surface area contributed by atoms with Gasteiger partial charge in [0.15, 0.2) is 0 Å². The number of carbonyl (C=O) groups is 1. The summed E-state index contributed by atoms with van der Waals surface area (Å²) in [6, 6.07) is 8.41. The second kappa shape index (κ2) is 9.44. The van der Waals surface area contributed by atoms with E-state index < -0.39 is 0 Å². The number of para-hydroxylation sites is 2. The van der Waals surface area contributed by atoms with E-state index in [1.807, 2.05) is 0 Å². The monoisotopic (exact) mass is 384 g/mol. The number of amides is 1. The molecule has 0 unspecified atom stereocenters. The van der Waals surface area contributed by atoms with Crippen LogP contribution < -0.4 is 10.2 Å². The van der Waals surface area contributed by atoms with Gasteiger partial charge in [0, 0.05) is 32.1 Å². The zero-order valence-corrected chi connectivity index (χ0v) is 17.9. The molecule has 2 aromatic rings. The lowest BCUT2D eigenvalue weighted by Crippen LogP contribution is -2.41. The maximum absolute atomic E-state index is 12.5. The summed E-state index contributed by atoms with van der Waals surface area (Å²) in [4.78, 5) is 19.8. The average molecular weight is 385 g/mol. The van der Waals surface area contributed by atoms with Gasteiger partial charge in [-0.1, -0.05) is 39.8 Å². The minimum atomic E-state index is 0.136. The summed E-state index contributed by atoms with van der Waals surface area (Å²) in [6.45, 7) is 12.5. The molecular weight excluding hydrogens is 348 g/mol. The summed E-state index contributed by atoms with van der Waals surface area (Å²) in [7, 11) is 0. The molecule has 1 aromatic heterocycles. The number of nitrogens with one attached hydrogen (secondary N) is 1.